The topological polar surface area (TPSA) is 39.5 Å². The van der Waals surface area contributed by atoms with Crippen molar-refractivity contribution in [3.63, 3.8) is 0 Å². The van der Waals surface area contributed by atoms with Crippen molar-refractivity contribution in [1.82, 2.24) is 14.7 Å². The highest BCUT2D eigenvalue weighted by molar-refractivity contribution is 6.35. The number of benzene rings is 1. The molecule has 2 saturated heterocycles. The van der Waals surface area contributed by atoms with Crippen LogP contribution in [0.15, 0.2) is 18.3 Å². The van der Waals surface area contributed by atoms with Crippen molar-refractivity contribution in [3.05, 3.63) is 28.9 Å². The average Bonchev–Trinajstić information content (AvgIpc) is 3.19. The molecule has 2 aromatic rings. The predicted octanol–water partition coefficient (Wildman–Crippen LogP) is 3.80. The molecule has 0 spiro atoms. The van der Waals surface area contributed by atoms with Gasteiger partial charge in [0.2, 0.25) is 0 Å². The lowest BCUT2D eigenvalue weighted by Gasteiger charge is -2.46. The van der Waals surface area contributed by atoms with Gasteiger partial charge in [-0.25, -0.2) is 0 Å². The minimum absolute atomic E-state index is 0.000576. The molecule has 0 radical (unpaired) electrons. The Balaban J connectivity index is 1.40. The second-order valence-electron chi connectivity index (χ2n) is 7.91. The molecule has 2 aliphatic rings. The van der Waals surface area contributed by atoms with Gasteiger partial charge in [0.25, 0.3) is 0 Å². The Bertz CT molecular complexity index is 764. The monoisotopic (exact) mass is 377 g/mol. The Labute approximate surface area is 160 Å². The molecular weight excluding hydrogens is 350 g/mol. The molecule has 0 aliphatic carbocycles. The molecule has 6 heteroatoms. The van der Waals surface area contributed by atoms with E-state index in [-0.39, 0.29) is 6.29 Å². The highest BCUT2D eigenvalue weighted by Crippen LogP contribution is 2.36. The van der Waals surface area contributed by atoms with Crippen LogP contribution in [0.4, 0.5) is 0 Å². The second kappa shape index (κ2) is 7.47. The average molecular weight is 378 g/mol. The number of aryl methyl sites for hydroxylation is 1. The van der Waals surface area contributed by atoms with Crippen molar-refractivity contribution >= 4 is 22.5 Å². The van der Waals surface area contributed by atoms with Crippen LogP contribution in [0.1, 0.15) is 38.2 Å². The van der Waals surface area contributed by atoms with Crippen LogP contribution in [0, 0.1) is 5.92 Å². The second-order valence-corrected chi connectivity index (χ2v) is 8.32. The summed E-state index contributed by atoms with van der Waals surface area (Å²) in [6.45, 7) is 8.28. The molecule has 142 valence electrons. The third kappa shape index (κ3) is 3.50. The lowest BCUT2D eigenvalue weighted by atomic mass is 9.86. The first-order valence-corrected chi connectivity index (χ1v) is 9.99. The molecule has 2 fully saturated rings. The highest BCUT2D eigenvalue weighted by atomic mass is 35.5. The molecule has 3 heterocycles. The van der Waals surface area contributed by atoms with Gasteiger partial charge in [0.1, 0.15) is 0 Å². The Kier molecular flexibility index (Phi) is 5.24. The number of hydrogen-bond acceptors (Lipinski definition) is 4. The Morgan fingerprint density at radius 3 is 2.65 bits per heavy atom. The molecule has 4 rings (SSSR count). The fourth-order valence-electron chi connectivity index (χ4n) is 4.27. The molecule has 0 N–H and O–H groups in total. The van der Waals surface area contributed by atoms with Crippen molar-refractivity contribution in [2.24, 2.45) is 13.0 Å². The van der Waals surface area contributed by atoms with Crippen molar-refractivity contribution in [2.45, 2.75) is 44.9 Å². The van der Waals surface area contributed by atoms with Crippen LogP contribution >= 0.6 is 11.6 Å². The Hall–Kier alpha value is -1.14. The molecule has 0 unspecified atom stereocenters. The zero-order chi connectivity index (χ0) is 18.3. The molecule has 26 heavy (non-hydrogen) atoms. The summed E-state index contributed by atoms with van der Waals surface area (Å²) in [7, 11) is 1.97. The van der Waals surface area contributed by atoms with E-state index in [9.17, 15) is 0 Å². The van der Waals surface area contributed by atoms with E-state index in [4.69, 9.17) is 21.1 Å². The molecule has 0 amide bonds. The number of rotatable bonds is 6. The van der Waals surface area contributed by atoms with Crippen LogP contribution in [0.2, 0.25) is 5.02 Å². The lowest BCUT2D eigenvalue weighted by Crippen LogP contribution is -2.52. The van der Waals surface area contributed by atoms with Crippen LogP contribution in [0.5, 0.6) is 0 Å². The molecule has 1 atom stereocenters. The van der Waals surface area contributed by atoms with E-state index >= 15 is 0 Å². The number of nitrogens with zero attached hydrogens (tertiary/aromatic N) is 3. The van der Waals surface area contributed by atoms with Crippen LogP contribution in [0.25, 0.3) is 10.9 Å². The minimum atomic E-state index is -0.000576. The van der Waals surface area contributed by atoms with E-state index in [2.05, 4.69) is 36.0 Å². The van der Waals surface area contributed by atoms with E-state index in [0.29, 0.717) is 17.9 Å². The van der Waals surface area contributed by atoms with Crippen molar-refractivity contribution in [2.75, 3.05) is 26.3 Å². The first-order valence-electron chi connectivity index (χ1n) is 9.61. The largest absolute Gasteiger partial charge is 0.350 e. The van der Waals surface area contributed by atoms with Gasteiger partial charge < -0.3 is 9.47 Å². The van der Waals surface area contributed by atoms with Gasteiger partial charge in [-0.15, -0.1) is 0 Å². The van der Waals surface area contributed by atoms with Gasteiger partial charge in [0, 0.05) is 37.5 Å². The smallest absolute Gasteiger partial charge is 0.157 e. The van der Waals surface area contributed by atoms with Crippen LogP contribution < -0.4 is 0 Å². The Morgan fingerprint density at radius 2 is 1.96 bits per heavy atom. The third-order valence-corrected chi connectivity index (χ3v) is 6.16. The number of fused-ring (bicyclic) bond motifs is 1. The van der Waals surface area contributed by atoms with Gasteiger partial charge in [-0.3, -0.25) is 9.58 Å². The Morgan fingerprint density at radius 1 is 1.23 bits per heavy atom. The van der Waals surface area contributed by atoms with E-state index in [1.807, 2.05) is 17.9 Å². The predicted molar refractivity (Wildman–Crippen MR) is 104 cm³/mol. The van der Waals surface area contributed by atoms with Crippen LogP contribution in [-0.2, 0) is 16.5 Å². The fraction of sp³-hybridized carbons (Fsp3) is 0.650. The summed E-state index contributed by atoms with van der Waals surface area (Å²) < 4.78 is 13.1. The number of aromatic nitrogens is 2. The van der Waals surface area contributed by atoms with Gasteiger partial charge >= 0.3 is 0 Å². The third-order valence-electron chi connectivity index (χ3n) is 5.85. The van der Waals surface area contributed by atoms with E-state index in [0.717, 1.165) is 55.1 Å². The SMILES string of the molecule is CC(C)[C@@H](CCC1OCCO1)N1CC(c2cc(Cl)c3cnn(C)c3c2)C1. The van der Waals surface area contributed by atoms with Crippen LogP contribution in [0.3, 0.4) is 0 Å². The summed E-state index contributed by atoms with van der Waals surface area (Å²) in [5.41, 5.74) is 2.44. The molecule has 0 saturated carbocycles. The summed E-state index contributed by atoms with van der Waals surface area (Å²) in [6, 6.07) is 4.95. The van der Waals surface area contributed by atoms with Crippen molar-refractivity contribution in [1.29, 1.82) is 0 Å². The first-order chi connectivity index (χ1) is 12.5. The number of halogens is 1. The minimum Gasteiger partial charge on any atom is -0.350 e. The maximum absolute atomic E-state index is 6.48. The summed E-state index contributed by atoms with van der Waals surface area (Å²) in [4.78, 5) is 2.60. The maximum Gasteiger partial charge on any atom is 0.157 e. The zero-order valence-electron chi connectivity index (χ0n) is 15.8. The summed E-state index contributed by atoms with van der Waals surface area (Å²) >= 11 is 6.48. The normalized spacial score (nSPS) is 21.0. The first kappa shape index (κ1) is 18.2. The fourth-order valence-corrected chi connectivity index (χ4v) is 4.55. The van der Waals surface area contributed by atoms with Crippen LogP contribution in [-0.4, -0.2) is 53.3 Å². The number of likely N-dealkylation sites (tertiary alicyclic amines) is 1. The number of hydrogen-bond donors (Lipinski definition) is 0. The molecule has 1 aromatic heterocycles. The molecule has 2 aliphatic heterocycles. The zero-order valence-corrected chi connectivity index (χ0v) is 16.6. The van der Waals surface area contributed by atoms with E-state index < -0.39 is 0 Å². The summed E-state index contributed by atoms with van der Waals surface area (Å²) in [5, 5.41) is 6.17. The quantitative estimate of drug-likeness (QED) is 0.767. The van der Waals surface area contributed by atoms with Gasteiger partial charge in [0.15, 0.2) is 6.29 Å². The van der Waals surface area contributed by atoms with Crippen molar-refractivity contribution in [3.8, 4) is 0 Å². The number of ether oxygens (including phenoxy) is 2. The summed E-state index contributed by atoms with van der Waals surface area (Å²) in [6.07, 6.45) is 3.95. The summed E-state index contributed by atoms with van der Waals surface area (Å²) in [5.74, 6) is 1.17. The van der Waals surface area contributed by atoms with Crippen molar-refractivity contribution < 1.29 is 9.47 Å². The standard InChI is InChI=1S/C20H28ClN3O2/c1-13(2)18(4-5-20-25-6-7-26-20)24-11-15(12-24)14-8-17(21)16-10-22-23(3)19(16)9-14/h8-10,13,15,18,20H,4-7,11-12H2,1-3H3/t18-/m1/s1. The lowest BCUT2D eigenvalue weighted by molar-refractivity contribution is -0.0564. The van der Waals surface area contributed by atoms with Gasteiger partial charge in [-0.05, 0) is 36.5 Å². The molecular formula is C20H28ClN3O2. The highest BCUT2D eigenvalue weighted by Gasteiger charge is 2.35. The van der Waals surface area contributed by atoms with Gasteiger partial charge in [-0.1, -0.05) is 25.4 Å². The van der Waals surface area contributed by atoms with E-state index in [1.165, 1.54) is 5.56 Å². The van der Waals surface area contributed by atoms with E-state index in [1.54, 1.807) is 0 Å². The maximum atomic E-state index is 6.48. The molecule has 1 aromatic carbocycles. The molecule has 5 nitrogen and oxygen atoms in total. The van der Waals surface area contributed by atoms with Gasteiger partial charge in [-0.2, -0.15) is 5.10 Å². The molecule has 0 bridgehead atoms. The van der Waals surface area contributed by atoms with Gasteiger partial charge in [0.05, 0.1) is 29.9 Å².